The third-order valence-electron chi connectivity index (χ3n) is 5.02. The number of carbonyl (C=O) groups is 1. The fourth-order valence-corrected chi connectivity index (χ4v) is 3.52. The Bertz CT molecular complexity index is 314. The number of nitrogens with zero attached hydrogens (tertiary/aromatic N) is 1. The van der Waals surface area contributed by atoms with E-state index in [0.717, 1.165) is 25.9 Å². The number of morpholine rings is 1. The number of nitrogens with two attached hydrogens (primary N) is 1. The van der Waals surface area contributed by atoms with Crippen LogP contribution in [0.5, 0.6) is 0 Å². The Morgan fingerprint density at radius 2 is 1.90 bits per heavy atom. The smallest absolute Gasteiger partial charge is 0.223 e. The SMILES string of the molecule is CCC1COC(C)CN1C(=O)CC1CCC(CN)CC1. The molecule has 1 saturated heterocycles. The molecule has 2 atom stereocenters. The summed E-state index contributed by atoms with van der Waals surface area (Å²) < 4.78 is 5.67. The van der Waals surface area contributed by atoms with Crippen molar-refractivity contribution < 1.29 is 9.53 Å². The summed E-state index contributed by atoms with van der Waals surface area (Å²) in [4.78, 5) is 14.7. The lowest BCUT2D eigenvalue weighted by Gasteiger charge is -2.39. The molecular weight excluding hydrogens is 252 g/mol. The largest absolute Gasteiger partial charge is 0.375 e. The van der Waals surface area contributed by atoms with Gasteiger partial charge in [0.2, 0.25) is 5.91 Å². The second-order valence-electron chi connectivity index (χ2n) is 6.58. The molecule has 1 heterocycles. The van der Waals surface area contributed by atoms with Crippen LogP contribution in [0.2, 0.25) is 0 Å². The molecule has 0 radical (unpaired) electrons. The standard InChI is InChI=1S/C16H30N2O2/c1-3-15-11-20-12(2)10-18(15)16(19)8-13-4-6-14(9-17)7-5-13/h12-15H,3-11,17H2,1-2H3. The van der Waals surface area contributed by atoms with Gasteiger partial charge < -0.3 is 15.4 Å². The first-order valence-corrected chi connectivity index (χ1v) is 8.25. The number of hydrogen-bond donors (Lipinski definition) is 1. The lowest BCUT2D eigenvalue weighted by molar-refractivity contribution is -0.145. The van der Waals surface area contributed by atoms with Crippen molar-refractivity contribution in [1.82, 2.24) is 4.90 Å². The highest BCUT2D eigenvalue weighted by Gasteiger charge is 2.31. The fraction of sp³-hybridized carbons (Fsp3) is 0.938. The van der Waals surface area contributed by atoms with E-state index < -0.39 is 0 Å². The van der Waals surface area contributed by atoms with Crippen LogP contribution in [0.15, 0.2) is 0 Å². The normalized spacial score (nSPS) is 35.0. The molecule has 1 amide bonds. The van der Waals surface area contributed by atoms with Crippen molar-refractivity contribution in [2.75, 3.05) is 19.7 Å². The van der Waals surface area contributed by atoms with Gasteiger partial charge in [0.05, 0.1) is 18.8 Å². The first-order valence-electron chi connectivity index (χ1n) is 8.25. The van der Waals surface area contributed by atoms with Gasteiger partial charge in [0.15, 0.2) is 0 Å². The Hall–Kier alpha value is -0.610. The minimum absolute atomic E-state index is 0.176. The van der Waals surface area contributed by atoms with Crippen molar-refractivity contribution in [3.63, 3.8) is 0 Å². The first kappa shape index (κ1) is 15.8. The van der Waals surface area contributed by atoms with Crippen LogP contribution in [0.25, 0.3) is 0 Å². The predicted molar refractivity (Wildman–Crippen MR) is 80.3 cm³/mol. The zero-order valence-electron chi connectivity index (χ0n) is 13.0. The van der Waals surface area contributed by atoms with Gasteiger partial charge in [0.25, 0.3) is 0 Å². The second kappa shape index (κ2) is 7.41. The summed E-state index contributed by atoms with van der Waals surface area (Å²) in [6.07, 6.45) is 6.62. The molecule has 2 N–H and O–H groups in total. The van der Waals surface area contributed by atoms with Crippen LogP contribution >= 0.6 is 0 Å². The van der Waals surface area contributed by atoms with Gasteiger partial charge in [-0.1, -0.05) is 6.92 Å². The molecule has 0 aromatic heterocycles. The van der Waals surface area contributed by atoms with Crippen molar-refractivity contribution in [2.45, 2.75) is 64.5 Å². The maximum absolute atomic E-state index is 12.6. The molecule has 2 aliphatic rings. The summed E-state index contributed by atoms with van der Waals surface area (Å²) in [5.41, 5.74) is 5.73. The van der Waals surface area contributed by atoms with Crippen molar-refractivity contribution in [3.8, 4) is 0 Å². The average Bonchev–Trinajstić information content (AvgIpc) is 2.48. The molecule has 2 unspecified atom stereocenters. The Labute approximate surface area is 123 Å². The van der Waals surface area contributed by atoms with Gasteiger partial charge >= 0.3 is 0 Å². The number of rotatable bonds is 4. The highest BCUT2D eigenvalue weighted by atomic mass is 16.5. The van der Waals surface area contributed by atoms with Crippen LogP contribution < -0.4 is 5.73 Å². The van der Waals surface area contributed by atoms with Crippen molar-refractivity contribution in [3.05, 3.63) is 0 Å². The summed E-state index contributed by atoms with van der Waals surface area (Å²) in [5.74, 6) is 1.59. The Morgan fingerprint density at radius 1 is 1.25 bits per heavy atom. The molecule has 1 saturated carbocycles. The number of amides is 1. The van der Waals surface area contributed by atoms with Crippen LogP contribution in [0.3, 0.4) is 0 Å². The van der Waals surface area contributed by atoms with Gasteiger partial charge in [-0.2, -0.15) is 0 Å². The van der Waals surface area contributed by atoms with E-state index in [-0.39, 0.29) is 12.1 Å². The van der Waals surface area contributed by atoms with E-state index in [0.29, 0.717) is 24.3 Å². The van der Waals surface area contributed by atoms with E-state index in [4.69, 9.17) is 10.5 Å². The van der Waals surface area contributed by atoms with E-state index in [9.17, 15) is 4.79 Å². The fourth-order valence-electron chi connectivity index (χ4n) is 3.52. The second-order valence-corrected chi connectivity index (χ2v) is 6.58. The van der Waals surface area contributed by atoms with Crippen molar-refractivity contribution in [2.24, 2.45) is 17.6 Å². The molecule has 0 aromatic rings. The molecule has 1 aliphatic carbocycles. The minimum atomic E-state index is 0.176. The van der Waals surface area contributed by atoms with Crippen LogP contribution in [0.1, 0.15) is 52.4 Å². The molecule has 0 aromatic carbocycles. The van der Waals surface area contributed by atoms with E-state index in [1.807, 2.05) is 0 Å². The maximum atomic E-state index is 12.6. The topological polar surface area (TPSA) is 55.6 Å². The maximum Gasteiger partial charge on any atom is 0.223 e. The molecule has 4 heteroatoms. The Morgan fingerprint density at radius 3 is 2.50 bits per heavy atom. The van der Waals surface area contributed by atoms with E-state index >= 15 is 0 Å². The summed E-state index contributed by atoms with van der Waals surface area (Å²) in [5, 5.41) is 0. The molecular formula is C16H30N2O2. The van der Waals surface area contributed by atoms with Crippen LogP contribution in [0.4, 0.5) is 0 Å². The number of ether oxygens (including phenoxy) is 1. The third-order valence-corrected chi connectivity index (χ3v) is 5.02. The molecule has 2 fully saturated rings. The monoisotopic (exact) mass is 282 g/mol. The molecule has 1 aliphatic heterocycles. The van der Waals surface area contributed by atoms with Gasteiger partial charge in [-0.05, 0) is 57.4 Å². The molecule has 0 spiro atoms. The first-order chi connectivity index (χ1) is 9.63. The van der Waals surface area contributed by atoms with Gasteiger partial charge in [0, 0.05) is 13.0 Å². The number of hydrogen-bond acceptors (Lipinski definition) is 3. The highest BCUT2D eigenvalue weighted by molar-refractivity contribution is 5.77. The molecule has 4 nitrogen and oxygen atoms in total. The van der Waals surface area contributed by atoms with E-state index in [1.54, 1.807) is 0 Å². The summed E-state index contributed by atoms with van der Waals surface area (Å²) in [6.45, 7) is 6.45. The molecule has 2 rings (SSSR count). The lowest BCUT2D eigenvalue weighted by Crippen LogP contribution is -2.51. The van der Waals surface area contributed by atoms with Gasteiger partial charge in [-0.15, -0.1) is 0 Å². The molecule has 20 heavy (non-hydrogen) atoms. The van der Waals surface area contributed by atoms with Crippen molar-refractivity contribution in [1.29, 1.82) is 0 Å². The Balaban J connectivity index is 1.84. The average molecular weight is 282 g/mol. The summed E-state index contributed by atoms with van der Waals surface area (Å²) in [7, 11) is 0. The summed E-state index contributed by atoms with van der Waals surface area (Å²) in [6, 6.07) is 0.277. The van der Waals surface area contributed by atoms with Gasteiger partial charge in [-0.3, -0.25) is 4.79 Å². The Kier molecular flexibility index (Phi) is 5.85. The van der Waals surface area contributed by atoms with Gasteiger partial charge in [-0.25, -0.2) is 0 Å². The zero-order valence-corrected chi connectivity index (χ0v) is 13.0. The minimum Gasteiger partial charge on any atom is -0.375 e. The molecule has 0 bridgehead atoms. The van der Waals surface area contributed by atoms with E-state index in [1.165, 1.54) is 25.7 Å². The van der Waals surface area contributed by atoms with Crippen LogP contribution in [-0.4, -0.2) is 42.6 Å². The number of carbonyl (C=O) groups excluding carboxylic acids is 1. The zero-order chi connectivity index (χ0) is 14.5. The lowest BCUT2D eigenvalue weighted by atomic mass is 9.80. The predicted octanol–water partition coefficient (Wildman–Crippen LogP) is 2.17. The quantitative estimate of drug-likeness (QED) is 0.859. The summed E-state index contributed by atoms with van der Waals surface area (Å²) >= 11 is 0. The van der Waals surface area contributed by atoms with E-state index in [2.05, 4.69) is 18.7 Å². The van der Waals surface area contributed by atoms with Crippen LogP contribution in [0, 0.1) is 11.8 Å². The van der Waals surface area contributed by atoms with Crippen LogP contribution in [-0.2, 0) is 9.53 Å². The molecule has 116 valence electrons. The van der Waals surface area contributed by atoms with Crippen molar-refractivity contribution >= 4 is 5.91 Å². The van der Waals surface area contributed by atoms with Gasteiger partial charge in [0.1, 0.15) is 0 Å². The third kappa shape index (κ3) is 3.95. The highest BCUT2D eigenvalue weighted by Crippen LogP contribution is 2.31.